The predicted molar refractivity (Wildman–Crippen MR) is 96.9 cm³/mol. The highest BCUT2D eigenvalue weighted by molar-refractivity contribution is 6.07. The van der Waals surface area contributed by atoms with Crippen molar-refractivity contribution in [2.24, 2.45) is 0 Å². The summed E-state index contributed by atoms with van der Waals surface area (Å²) in [5.41, 5.74) is -0.0547. The number of hydrogen-bond acceptors (Lipinski definition) is 5. The molecule has 0 bridgehead atoms. The summed E-state index contributed by atoms with van der Waals surface area (Å²) in [6, 6.07) is 10.2. The highest BCUT2D eigenvalue weighted by Crippen LogP contribution is 2.34. The van der Waals surface area contributed by atoms with Gasteiger partial charge in [-0.3, -0.25) is 9.69 Å². The number of aryl methyl sites for hydroxylation is 1. The zero-order valence-electron chi connectivity index (χ0n) is 15.6. The third-order valence-electron chi connectivity index (χ3n) is 4.76. The Morgan fingerprint density at radius 3 is 2.59 bits per heavy atom. The van der Waals surface area contributed by atoms with Crippen molar-refractivity contribution in [1.82, 2.24) is 10.2 Å². The summed E-state index contributed by atoms with van der Waals surface area (Å²) < 4.78 is 10.3. The van der Waals surface area contributed by atoms with E-state index in [2.05, 4.69) is 5.32 Å². The lowest BCUT2D eigenvalue weighted by Gasteiger charge is -2.26. The van der Waals surface area contributed by atoms with E-state index in [4.69, 9.17) is 9.15 Å². The Kier molecular flexibility index (Phi) is 5.03. The number of hydrogen-bond donors (Lipinski definition) is 1. The van der Waals surface area contributed by atoms with Crippen molar-refractivity contribution in [3.05, 3.63) is 59.0 Å². The van der Waals surface area contributed by atoms with Gasteiger partial charge in [-0.2, -0.15) is 0 Å². The van der Waals surface area contributed by atoms with E-state index in [0.29, 0.717) is 17.9 Å². The minimum atomic E-state index is -1.08. The molecule has 1 N–H and O–H groups in total. The van der Waals surface area contributed by atoms with Gasteiger partial charge in [0.15, 0.2) is 0 Å². The van der Waals surface area contributed by atoms with Gasteiger partial charge in [-0.05, 0) is 25.0 Å². The number of carbonyl (C=O) groups excluding carboxylic acids is 3. The fourth-order valence-corrected chi connectivity index (χ4v) is 3.47. The second-order valence-electron chi connectivity index (χ2n) is 6.52. The Labute approximate surface area is 157 Å². The van der Waals surface area contributed by atoms with Crippen molar-refractivity contribution in [2.45, 2.75) is 38.8 Å². The van der Waals surface area contributed by atoms with Crippen molar-refractivity contribution in [3.8, 4) is 0 Å². The first-order valence-corrected chi connectivity index (χ1v) is 8.80. The highest BCUT2D eigenvalue weighted by Gasteiger charge is 2.51. The molecule has 1 fully saturated rings. The molecule has 1 saturated heterocycles. The van der Waals surface area contributed by atoms with E-state index in [1.54, 1.807) is 6.92 Å². The molecule has 142 valence electrons. The number of esters is 1. The van der Waals surface area contributed by atoms with Crippen LogP contribution in [-0.2, 0) is 21.6 Å². The molecule has 1 aliphatic rings. The van der Waals surface area contributed by atoms with Gasteiger partial charge in [0.25, 0.3) is 5.91 Å². The number of furan rings is 1. The molecule has 7 heteroatoms. The number of nitrogens with one attached hydrogen (secondary N) is 1. The lowest BCUT2D eigenvalue weighted by atomic mass is 9.85. The van der Waals surface area contributed by atoms with Gasteiger partial charge >= 0.3 is 12.0 Å². The highest BCUT2D eigenvalue weighted by atomic mass is 16.5. The zero-order chi connectivity index (χ0) is 19.6. The monoisotopic (exact) mass is 370 g/mol. The maximum absolute atomic E-state index is 13.2. The van der Waals surface area contributed by atoms with Crippen LogP contribution in [0.2, 0.25) is 0 Å². The van der Waals surface area contributed by atoms with Crippen molar-refractivity contribution in [2.75, 3.05) is 7.11 Å². The first-order chi connectivity index (χ1) is 12.9. The molecule has 0 aliphatic carbocycles. The number of carbonyl (C=O) groups is 3. The zero-order valence-corrected chi connectivity index (χ0v) is 15.6. The molecule has 7 nitrogen and oxygen atoms in total. The Morgan fingerprint density at radius 2 is 1.96 bits per heavy atom. The van der Waals surface area contributed by atoms with Gasteiger partial charge in [0, 0.05) is 0 Å². The van der Waals surface area contributed by atoms with Crippen LogP contribution in [0.4, 0.5) is 4.79 Å². The Hall–Kier alpha value is -3.09. The first kappa shape index (κ1) is 18.7. The van der Waals surface area contributed by atoms with Gasteiger partial charge in [0.1, 0.15) is 22.6 Å². The molecular weight excluding hydrogens is 348 g/mol. The molecule has 3 rings (SSSR count). The van der Waals surface area contributed by atoms with Gasteiger partial charge in [-0.15, -0.1) is 0 Å². The average molecular weight is 370 g/mol. The van der Waals surface area contributed by atoms with Gasteiger partial charge in [-0.1, -0.05) is 43.7 Å². The van der Waals surface area contributed by atoms with E-state index in [1.165, 1.54) is 13.2 Å². The molecule has 0 radical (unpaired) electrons. The summed E-state index contributed by atoms with van der Waals surface area (Å²) in [5.74, 6) is -0.123. The lowest BCUT2D eigenvalue weighted by Crippen LogP contribution is -2.43. The number of ether oxygens (including phenoxy) is 1. The molecule has 27 heavy (non-hydrogen) atoms. The number of imide groups is 1. The van der Waals surface area contributed by atoms with E-state index < -0.39 is 17.5 Å². The van der Waals surface area contributed by atoms with Crippen LogP contribution in [0.1, 0.15) is 47.2 Å². The van der Waals surface area contributed by atoms with Crippen LogP contribution >= 0.6 is 0 Å². The second-order valence-corrected chi connectivity index (χ2v) is 6.52. The number of benzene rings is 1. The van der Waals surface area contributed by atoms with E-state index in [-0.39, 0.29) is 18.0 Å². The minimum Gasteiger partial charge on any atom is -0.465 e. The van der Waals surface area contributed by atoms with Crippen molar-refractivity contribution in [3.63, 3.8) is 0 Å². The van der Waals surface area contributed by atoms with Gasteiger partial charge in [-0.25, -0.2) is 9.59 Å². The number of methoxy groups -OCH3 is 1. The number of rotatable bonds is 6. The minimum absolute atomic E-state index is 0.0548. The van der Waals surface area contributed by atoms with Crippen LogP contribution in [-0.4, -0.2) is 29.9 Å². The van der Waals surface area contributed by atoms with E-state index in [0.717, 1.165) is 16.9 Å². The number of urea groups is 1. The lowest BCUT2D eigenvalue weighted by molar-refractivity contribution is -0.132. The van der Waals surface area contributed by atoms with Crippen LogP contribution in [0, 0.1) is 6.92 Å². The summed E-state index contributed by atoms with van der Waals surface area (Å²) in [4.78, 5) is 38.7. The Morgan fingerprint density at radius 1 is 1.26 bits per heavy atom. The maximum atomic E-state index is 13.2. The molecule has 2 aromatic rings. The normalized spacial score (nSPS) is 19.3. The molecule has 2 heterocycles. The van der Waals surface area contributed by atoms with Crippen molar-refractivity contribution < 1.29 is 23.5 Å². The van der Waals surface area contributed by atoms with Crippen molar-refractivity contribution >= 4 is 17.9 Å². The molecular formula is C20H22N2O5. The molecule has 0 unspecified atom stereocenters. The third-order valence-corrected chi connectivity index (χ3v) is 4.76. The van der Waals surface area contributed by atoms with Crippen LogP contribution in [0.15, 0.2) is 40.8 Å². The third kappa shape index (κ3) is 3.20. The standard InChI is InChI=1S/C20H22N2O5/c1-4-10-20(14-8-6-5-7-9-14)18(24)22(19(25)21-20)12-15-11-16(13(2)27-15)17(23)26-3/h5-9,11H,4,10,12H2,1-3H3,(H,21,25)/t20-/m1/s1. The molecule has 1 aromatic heterocycles. The fourth-order valence-electron chi connectivity index (χ4n) is 3.47. The van der Waals surface area contributed by atoms with E-state index >= 15 is 0 Å². The molecule has 0 spiro atoms. The molecule has 3 amide bonds. The van der Waals surface area contributed by atoms with Crippen molar-refractivity contribution in [1.29, 1.82) is 0 Å². The maximum Gasteiger partial charge on any atom is 0.341 e. The smallest absolute Gasteiger partial charge is 0.341 e. The first-order valence-electron chi connectivity index (χ1n) is 8.80. The van der Waals surface area contributed by atoms with Crippen LogP contribution < -0.4 is 5.32 Å². The Balaban J connectivity index is 1.91. The summed E-state index contributed by atoms with van der Waals surface area (Å²) in [6.45, 7) is 3.54. The van der Waals surface area contributed by atoms with E-state index in [1.807, 2.05) is 37.3 Å². The van der Waals surface area contributed by atoms with Gasteiger partial charge in [0.05, 0.1) is 13.7 Å². The van der Waals surface area contributed by atoms with Crippen LogP contribution in [0.3, 0.4) is 0 Å². The summed E-state index contributed by atoms with van der Waals surface area (Å²) in [6.07, 6.45) is 1.21. The molecule has 0 saturated carbocycles. The predicted octanol–water partition coefficient (Wildman–Crippen LogP) is 3.12. The topological polar surface area (TPSA) is 88.8 Å². The summed E-state index contributed by atoms with van der Waals surface area (Å²) >= 11 is 0. The Bertz CT molecular complexity index is 874. The SMILES string of the molecule is CCC[C@]1(c2ccccc2)NC(=O)N(Cc2cc(C(=O)OC)c(C)o2)C1=O. The van der Waals surface area contributed by atoms with Gasteiger partial charge in [0.2, 0.25) is 0 Å². The quantitative estimate of drug-likeness (QED) is 0.623. The van der Waals surface area contributed by atoms with Crippen LogP contribution in [0.25, 0.3) is 0 Å². The second kappa shape index (κ2) is 7.26. The summed E-state index contributed by atoms with van der Waals surface area (Å²) in [5, 5.41) is 2.86. The summed E-state index contributed by atoms with van der Waals surface area (Å²) in [7, 11) is 1.28. The molecule has 1 aromatic carbocycles. The average Bonchev–Trinajstić information content (AvgIpc) is 3.15. The number of nitrogens with zero attached hydrogens (tertiary/aromatic N) is 1. The van der Waals surface area contributed by atoms with Crippen LogP contribution in [0.5, 0.6) is 0 Å². The largest absolute Gasteiger partial charge is 0.465 e. The molecule has 1 aliphatic heterocycles. The fraction of sp³-hybridized carbons (Fsp3) is 0.350. The number of amides is 3. The van der Waals surface area contributed by atoms with Gasteiger partial charge < -0.3 is 14.5 Å². The molecule has 1 atom stereocenters. The van der Waals surface area contributed by atoms with E-state index in [9.17, 15) is 14.4 Å².